The van der Waals surface area contributed by atoms with Gasteiger partial charge in [-0.15, -0.1) is 0 Å². The van der Waals surface area contributed by atoms with Crippen LogP contribution >= 0.6 is 0 Å². The van der Waals surface area contributed by atoms with Crippen LogP contribution in [0.3, 0.4) is 0 Å². The first-order valence-corrected chi connectivity index (χ1v) is 7.94. The molecule has 1 saturated heterocycles. The Labute approximate surface area is 131 Å². The van der Waals surface area contributed by atoms with Gasteiger partial charge in [0.15, 0.2) is 0 Å². The molecule has 6 heteroatoms. The smallest absolute Gasteiger partial charge is 0.269 e. The van der Waals surface area contributed by atoms with E-state index in [0.29, 0.717) is 0 Å². The first-order valence-electron chi connectivity index (χ1n) is 7.94. The van der Waals surface area contributed by atoms with Crippen LogP contribution in [-0.2, 0) is 0 Å². The van der Waals surface area contributed by atoms with Crippen molar-refractivity contribution >= 4 is 5.69 Å². The Bertz CT molecular complexity index is 487. The van der Waals surface area contributed by atoms with E-state index in [1.54, 1.807) is 12.1 Å². The monoisotopic (exact) mass is 307 g/mol. The molecule has 2 rings (SSSR count). The molecule has 1 aromatic carbocycles. The molecular formula is C16H25N3O3. The number of benzene rings is 1. The predicted molar refractivity (Wildman–Crippen MR) is 85.8 cm³/mol. The van der Waals surface area contributed by atoms with Gasteiger partial charge in [0.2, 0.25) is 0 Å². The van der Waals surface area contributed by atoms with E-state index in [1.165, 1.54) is 6.07 Å². The minimum atomic E-state index is -0.360. The molecule has 0 amide bonds. The minimum absolute atomic E-state index is 0.100. The summed E-state index contributed by atoms with van der Waals surface area (Å²) in [5.41, 5.74) is 1.08. The molecular weight excluding hydrogens is 282 g/mol. The number of aliphatic hydroxyl groups excluding tert-OH is 1. The predicted octanol–water partition coefficient (Wildman–Crippen LogP) is 2.09. The van der Waals surface area contributed by atoms with Gasteiger partial charge in [-0.1, -0.05) is 12.1 Å². The lowest BCUT2D eigenvalue weighted by Crippen LogP contribution is -2.37. The van der Waals surface area contributed by atoms with Crippen molar-refractivity contribution in [3.63, 3.8) is 0 Å². The largest absolute Gasteiger partial charge is 0.393 e. The standard InChI is InChI=1S/C16H25N3O3/c1-13(14-4-2-5-15(12-14)19(21)22)17-8-3-9-18-10-6-16(20)7-11-18/h2,4-5,12-13,16-17,20H,3,6-11H2,1H3. The average molecular weight is 307 g/mol. The molecule has 1 atom stereocenters. The van der Waals surface area contributed by atoms with Gasteiger partial charge < -0.3 is 15.3 Å². The van der Waals surface area contributed by atoms with Crippen molar-refractivity contribution in [1.82, 2.24) is 10.2 Å². The third-order valence-electron chi connectivity index (χ3n) is 4.24. The lowest BCUT2D eigenvalue weighted by atomic mass is 10.1. The summed E-state index contributed by atoms with van der Waals surface area (Å²) in [5, 5.41) is 23.7. The van der Waals surface area contributed by atoms with E-state index < -0.39 is 0 Å². The summed E-state index contributed by atoms with van der Waals surface area (Å²) in [6, 6.07) is 6.88. The molecule has 122 valence electrons. The molecule has 0 spiro atoms. The minimum Gasteiger partial charge on any atom is -0.393 e. The third kappa shape index (κ3) is 5.05. The number of hydrogen-bond donors (Lipinski definition) is 2. The number of aliphatic hydroxyl groups is 1. The topological polar surface area (TPSA) is 78.6 Å². The quantitative estimate of drug-likeness (QED) is 0.458. The molecule has 0 saturated carbocycles. The maximum absolute atomic E-state index is 10.8. The number of nitro benzene ring substituents is 1. The Morgan fingerprint density at radius 1 is 1.45 bits per heavy atom. The van der Waals surface area contributed by atoms with Gasteiger partial charge in [0.05, 0.1) is 11.0 Å². The van der Waals surface area contributed by atoms with Crippen molar-refractivity contribution in [2.75, 3.05) is 26.2 Å². The van der Waals surface area contributed by atoms with Crippen molar-refractivity contribution in [3.8, 4) is 0 Å². The van der Waals surface area contributed by atoms with Gasteiger partial charge in [0.1, 0.15) is 0 Å². The van der Waals surface area contributed by atoms with Crippen molar-refractivity contribution in [1.29, 1.82) is 0 Å². The van der Waals surface area contributed by atoms with Crippen LogP contribution in [0, 0.1) is 10.1 Å². The van der Waals surface area contributed by atoms with Crippen LogP contribution in [-0.4, -0.2) is 47.2 Å². The number of nitrogens with zero attached hydrogens (tertiary/aromatic N) is 2. The number of piperidine rings is 1. The van der Waals surface area contributed by atoms with Crippen molar-refractivity contribution in [3.05, 3.63) is 39.9 Å². The van der Waals surface area contributed by atoms with Crippen molar-refractivity contribution < 1.29 is 10.0 Å². The van der Waals surface area contributed by atoms with Gasteiger partial charge in [-0.2, -0.15) is 0 Å². The lowest BCUT2D eigenvalue weighted by Gasteiger charge is -2.29. The number of non-ortho nitro benzene ring substituents is 1. The fraction of sp³-hybridized carbons (Fsp3) is 0.625. The molecule has 0 radical (unpaired) electrons. The highest BCUT2D eigenvalue weighted by molar-refractivity contribution is 5.35. The third-order valence-corrected chi connectivity index (χ3v) is 4.24. The Morgan fingerprint density at radius 2 is 2.18 bits per heavy atom. The number of nitrogens with one attached hydrogen (secondary N) is 1. The lowest BCUT2D eigenvalue weighted by molar-refractivity contribution is -0.384. The Balaban J connectivity index is 1.70. The van der Waals surface area contributed by atoms with E-state index >= 15 is 0 Å². The number of rotatable bonds is 7. The van der Waals surface area contributed by atoms with Gasteiger partial charge in [-0.3, -0.25) is 10.1 Å². The second-order valence-electron chi connectivity index (χ2n) is 5.95. The molecule has 0 aromatic heterocycles. The second-order valence-corrected chi connectivity index (χ2v) is 5.95. The van der Waals surface area contributed by atoms with Crippen LogP contribution in [0.5, 0.6) is 0 Å². The van der Waals surface area contributed by atoms with E-state index in [1.807, 2.05) is 13.0 Å². The number of hydrogen-bond acceptors (Lipinski definition) is 5. The maximum Gasteiger partial charge on any atom is 0.269 e. The molecule has 0 aliphatic carbocycles. The summed E-state index contributed by atoms with van der Waals surface area (Å²) in [4.78, 5) is 12.8. The fourth-order valence-electron chi connectivity index (χ4n) is 2.79. The highest BCUT2D eigenvalue weighted by atomic mass is 16.6. The van der Waals surface area contributed by atoms with Crippen LogP contribution in [0.1, 0.15) is 37.8 Å². The SMILES string of the molecule is CC(NCCCN1CCC(O)CC1)c1cccc([N+](=O)[O-])c1. The van der Waals surface area contributed by atoms with Crippen LogP contribution in [0.15, 0.2) is 24.3 Å². The van der Waals surface area contributed by atoms with Crippen LogP contribution in [0.25, 0.3) is 0 Å². The van der Waals surface area contributed by atoms with E-state index in [4.69, 9.17) is 0 Å². The first-order chi connectivity index (χ1) is 10.6. The normalized spacial score (nSPS) is 18.3. The highest BCUT2D eigenvalue weighted by Gasteiger charge is 2.16. The Hall–Kier alpha value is -1.50. The fourth-order valence-corrected chi connectivity index (χ4v) is 2.79. The van der Waals surface area contributed by atoms with E-state index in [-0.39, 0.29) is 22.8 Å². The van der Waals surface area contributed by atoms with Crippen LogP contribution in [0.4, 0.5) is 5.69 Å². The van der Waals surface area contributed by atoms with Gasteiger partial charge >= 0.3 is 0 Å². The molecule has 1 fully saturated rings. The zero-order chi connectivity index (χ0) is 15.9. The first kappa shape index (κ1) is 16.9. The summed E-state index contributed by atoms with van der Waals surface area (Å²) < 4.78 is 0. The Kier molecular flexibility index (Phi) is 6.30. The molecule has 1 unspecified atom stereocenters. The molecule has 22 heavy (non-hydrogen) atoms. The summed E-state index contributed by atoms with van der Waals surface area (Å²) in [6.07, 6.45) is 2.66. The number of likely N-dealkylation sites (tertiary alicyclic amines) is 1. The summed E-state index contributed by atoms with van der Waals surface area (Å²) in [7, 11) is 0. The van der Waals surface area contributed by atoms with E-state index in [9.17, 15) is 15.2 Å². The highest BCUT2D eigenvalue weighted by Crippen LogP contribution is 2.18. The van der Waals surface area contributed by atoms with E-state index in [0.717, 1.165) is 51.0 Å². The molecule has 1 aliphatic heterocycles. The van der Waals surface area contributed by atoms with Crippen LogP contribution < -0.4 is 5.32 Å². The summed E-state index contributed by atoms with van der Waals surface area (Å²) in [6.45, 7) is 5.88. The molecule has 1 aliphatic rings. The maximum atomic E-state index is 10.8. The molecule has 0 bridgehead atoms. The van der Waals surface area contributed by atoms with Gasteiger partial charge in [-0.25, -0.2) is 0 Å². The molecule has 6 nitrogen and oxygen atoms in total. The molecule has 1 heterocycles. The zero-order valence-corrected chi connectivity index (χ0v) is 13.1. The van der Waals surface area contributed by atoms with Crippen molar-refractivity contribution in [2.45, 2.75) is 38.3 Å². The van der Waals surface area contributed by atoms with Crippen LogP contribution in [0.2, 0.25) is 0 Å². The Morgan fingerprint density at radius 3 is 2.86 bits per heavy atom. The second kappa shape index (κ2) is 8.22. The molecule has 1 aromatic rings. The van der Waals surface area contributed by atoms with Crippen molar-refractivity contribution in [2.24, 2.45) is 0 Å². The van der Waals surface area contributed by atoms with Gasteiger partial charge in [0.25, 0.3) is 5.69 Å². The number of nitro groups is 1. The van der Waals surface area contributed by atoms with Gasteiger partial charge in [0, 0.05) is 31.3 Å². The average Bonchev–Trinajstić information content (AvgIpc) is 2.53. The van der Waals surface area contributed by atoms with E-state index in [2.05, 4.69) is 10.2 Å². The van der Waals surface area contributed by atoms with Gasteiger partial charge in [-0.05, 0) is 44.8 Å². The summed E-state index contributed by atoms with van der Waals surface area (Å²) in [5.74, 6) is 0. The zero-order valence-electron chi connectivity index (χ0n) is 13.1. The molecule has 2 N–H and O–H groups in total. The summed E-state index contributed by atoms with van der Waals surface area (Å²) >= 11 is 0.